The van der Waals surface area contributed by atoms with E-state index < -0.39 is 0 Å². The van der Waals surface area contributed by atoms with Gasteiger partial charge < -0.3 is 5.73 Å². The lowest BCUT2D eigenvalue weighted by molar-refractivity contribution is 0.913. The first-order valence-corrected chi connectivity index (χ1v) is 5.33. The van der Waals surface area contributed by atoms with E-state index in [1.807, 2.05) is 19.1 Å². The molecule has 0 atom stereocenters. The number of benzene rings is 1. The summed E-state index contributed by atoms with van der Waals surface area (Å²) in [5, 5.41) is 0.682. The van der Waals surface area contributed by atoms with Crippen molar-refractivity contribution in [1.29, 1.82) is 0 Å². The largest absolute Gasteiger partial charge is 0.368 e. The molecule has 0 fully saturated rings. The van der Waals surface area contributed by atoms with Crippen molar-refractivity contribution in [3.05, 3.63) is 35.1 Å². The molecule has 2 N–H and O–H groups in total. The van der Waals surface area contributed by atoms with Crippen molar-refractivity contribution >= 4 is 17.5 Å². The van der Waals surface area contributed by atoms with E-state index in [0.29, 0.717) is 16.7 Å². The first-order chi connectivity index (χ1) is 7.69. The number of nitrogens with zero attached hydrogens (tertiary/aromatic N) is 3. The van der Waals surface area contributed by atoms with Gasteiger partial charge in [-0.05, 0) is 24.3 Å². The van der Waals surface area contributed by atoms with Gasteiger partial charge >= 0.3 is 0 Å². The Labute approximate surface area is 98.5 Å². The lowest BCUT2D eigenvalue weighted by Gasteiger charge is -2.03. The molecule has 4 nitrogen and oxygen atoms in total. The third-order valence-electron chi connectivity index (χ3n) is 2.12. The monoisotopic (exact) mass is 234 g/mol. The highest BCUT2D eigenvalue weighted by atomic mass is 35.5. The summed E-state index contributed by atoms with van der Waals surface area (Å²) in [6.45, 7) is 1.97. The van der Waals surface area contributed by atoms with Gasteiger partial charge in [0.25, 0.3) is 0 Å². The summed E-state index contributed by atoms with van der Waals surface area (Å²) >= 11 is 5.81. The first kappa shape index (κ1) is 10.8. The second kappa shape index (κ2) is 4.45. The Balaban J connectivity index is 2.47. The Morgan fingerprint density at radius 3 is 2.44 bits per heavy atom. The third-order valence-corrected chi connectivity index (χ3v) is 2.37. The molecule has 5 heteroatoms. The topological polar surface area (TPSA) is 64.7 Å². The molecule has 0 bridgehead atoms. The number of rotatable bonds is 2. The molecule has 82 valence electrons. The van der Waals surface area contributed by atoms with Crippen LogP contribution in [0.15, 0.2) is 24.3 Å². The van der Waals surface area contributed by atoms with Crippen molar-refractivity contribution in [1.82, 2.24) is 15.0 Å². The lowest BCUT2D eigenvalue weighted by atomic mass is 10.2. The zero-order valence-corrected chi connectivity index (χ0v) is 9.57. The van der Waals surface area contributed by atoms with Gasteiger partial charge in [-0.15, -0.1) is 0 Å². The number of hydrogen-bond acceptors (Lipinski definition) is 4. The van der Waals surface area contributed by atoms with Crippen LogP contribution >= 0.6 is 11.6 Å². The molecule has 1 aromatic heterocycles. The van der Waals surface area contributed by atoms with Gasteiger partial charge in [0.1, 0.15) is 5.82 Å². The summed E-state index contributed by atoms with van der Waals surface area (Å²) in [6, 6.07) is 7.30. The molecule has 1 heterocycles. The van der Waals surface area contributed by atoms with Crippen LogP contribution in [0.3, 0.4) is 0 Å². The maximum absolute atomic E-state index is 5.81. The van der Waals surface area contributed by atoms with Crippen molar-refractivity contribution in [3.8, 4) is 11.4 Å². The molecule has 0 spiro atoms. The Bertz CT molecular complexity index is 496. The van der Waals surface area contributed by atoms with Crippen LogP contribution in [0, 0.1) is 0 Å². The molecule has 2 rings (SSSR count). The van der Waals surface area contributed by atoms with Gasteiger partial charge in [0.05, 0.1) is 0 Å². The first-order valence-electron chi connectivity index (χ1n) is 4.95. The van der Waals surface area contributed by atoms with E-state index in [2.05, 4.69) is 15.0 Å². The summed E-state index contributed by atoms with van der Waals surface area (Å²) < 4.78 is 0. The SMILES string of the molecule is CCc1nc(N)nc(-c2ccc(Cl)cc2)n1. The van der Waals surface area contributed by atoms with E-state index in [1.165, 1.54) is 0 Å². The summed E-state index contributed by atoms with van der Waals surface area (Å²) in [6.07, 6.45) is 0.729. The minimum absolute atomic E-state index is 0.247. The van der Waals surface area contributed by atoms with Gasteiger partial charge in [-0.25, -0.2) is 4.98 Å². The van der Waals surface area contributed by atoms with E-state index in [0.717, 1.165) is 12.0 Å². The van der Waals surface area contributed by atoms with E-state index in [-0.39, 0.29) is 5.95 Å². The van der Waals surface area contributed by atoms with Crippen molar-refractivity contribution in [2.75, 3.05) is 5.73 Å². The zero-order chi connectivity index (χ0) is 11.5. The number of anilines is 1. The second-order valence-electron chi connectivity index (χ2n) is 3.29. The fraction of sp³-hybridized carbons (Fsp3) is 0.182. The number of nitrogens with two attached hydrogens (primary N) is 1. The van der Waals surface area contributed by atoms with Crippen LogP contribution in [-0.4, -0.2) is 15.0 Å². The average Bonchev–Trinajstić information content (AvgIpc) is 2.29. The highest BCUT2D eigenvalue weighted by Crippen LogP contribution is 2.18. The molecule has 0 saturated heterocycles. The molecule has 0 amide bonds. The molecule has 2 aromatic rings. The highest BCUT2D eigenvalue weighted by molar-refractivity contribution is 6.30. The van der Waals surface area contributed by atoms with Crippen LogP contribution in [0.5, 0.6) is 0 Å². The minimum atomic E-state index is 0.247. The van der Waals surface area contributed by atoms with Crippen LogP contribution in [0.2, 0.25) is 5.02 Å². The summed E-state index contributed by atoms with van der Waals surface area (Å²) in [7, 11) is 0. The molecular weight excluding hydrogens is 224 g/mol. The standard InChI is InChI=1S/C11H11ClN4/c1-2-9-14-10(16-11(13)15-9)7-3-5-8(12)6-4-7/h3-6H,2H2,1H3,(H2,13,14,15,16). The number of hydrogen-bond donors (Lipinski definition) is 1. The van der Waals surface area contributed by atoms with Crippen LogP contribution in [0.4, 0.5) is 5.95 Å². The predicted molar refractivity (Wildman–Crippen MR) is 64.1 cm³/mol. The third kappa shape index (κ3) is 2.28. The van der Waals surface area contributed by atoms with Crippen LogP contribution in [-0.2, 0) is 6.42 Å². The van der Waals surface area contributed by atoms with Crippen LogP contribution in [0.25, 0.3) is 11.4 Å². The van der Waals surface area contributed by atoms with Crippen molar-refractivity contribution in [2.24, 2.45) is 0 Å². The van der Waals surface area contributed by atoms with E-state index >= 15 is 0 Å². The molecular formula is C11H11ClN4. The zero-order valence-electron chi connectivity index (χ0n) is 8.81. The van der Waals surface area contributed by atoms with E-state index in [1.54, 1.807) is 12.1 Å². The van der Waals surface area contributed by atoms with Gasteiger partial charge in [0, 0.05) is 17.0 Å². The fourth-order valence-electron chi connectivity index (χ4n) is 1.32. The lowest BCUT2D eigenvalue weighted by Crippen LogP contribution is -2.03. The van der Waals surface area contributed by atoms with E-state index in [4.69, 9.17) is 17.3 Å². The molecule has 0 aliphatic heterocycles. The van der Waals surface area contributed by atoms with Crippen molar-refractivity contribution in [3.63, 3.8) is 0 Å². The molecule has 0 radical (unpaired) electrons. The molecule has 0 aliphatic carbocycles. The van der Waals surface area contributed by atoms with Crippen molar-refractivity contribution in [2.45, 2.75) is 13.3 Å². The summed E-state index contributed by atoms with van der Waals surface area (Å²) in [5.74, 6) is 1.52. The van der Waals surface area contributed by atoms with Gasteiger partial charge in [0.2, 0.25) is 5.95 Å². The minimum Gasteiger partial charge on any atom is -0.368 e. The van der Waals surface area contributed by atoms with Crippen LogP contribution < -0.4 is 5.73 Å². The maximum atomic E-state index is 5.81. The predicted octanol–water partition coefficient (Wildman–Crippen LogP) is 2.34. The Hall–Kier alpha value is -1.68. The average molecular weight is 235 g/mol. The fourth-order valence-corrected chi connectivity index (χ4v) is 1.45. The maximum Gasteiger partial charge on any atom is 0.223 e. The molecule has 0 saturated carbocycles. The Kier molecular flexibility index (Phi) is 3.01. The quantitative estimate of drug-likeness (QED) is 0.866. The van der Waals surface area contributed by atoms with Gasteiger partial charge in [-0.3, -0.25) is 0 Å². The molecule has 16 heavy (non-hydrogen) atoms. The molecule has 0 unspecified atom stereocenters. The number of aryl methyl sites for hydroxylation is 1. The number of halogens is 1. The smallest absolute Gasteiger partial charge is 0.223 e. The Morgan fingerprint density at radius 2 is 1.81 bits per heavy atom. The van der Waals surface area contributed by atoms with Crippen molar-refractivity contribution < 1.29 is 0 Å². The second-order valence-corrected chi connectivity index (χ2v) is 3.73. The highest BCUT2D eigenvalue weighted by Gasteiger charge is 2.05. The normalized spacial score (nSPS) is 10.4. The summed E-state index contributed by atoms with van der Waals surface area (Å²) in [4.78, 5) is 12.4. The van der Waals surface area contributed by atoms with Gasteiger partial charge in [-0.2, -0.15) is 9.97 Å². The molecule has 1 aromatic carbocycles. The summed E-state index contributed by atoms with van der Waals surface area (Å²) in [5.41, 5.74) is 6.50. The Morgan fingerprint density at radius 1 is 1.12 bits per heavy atom. The van der Waals surface area contributed by atoms with Crippen LogP contribution in [0.1, 0.15) is 12.7 Å². The number of nitrogen functional groups attached to an aromatic ring is 1. The number of aromatic nitrogens is 3. The van der Waals surface area contributed by atoms with Gasteiger partial charge in [-0.1, -0.05) is 18.5 Å². The molecule has 0 aliphatic rings. The van der Waals surface area contributed by atoms with Gasteiger partial charge in [0.15, 0.2) is 5.82 Å². The van der Waals surface area contributed by atoms with E-state index in [9.17, 15) is 0 Å².